The monoisotopic (exact) mass is 378 g/mol. The van der Waals surface area contributed by atoms with Crippen LogP contribution in [-0.4, -0.2) is 27.0 Å². The molecule has 27 heavy (non-hydrogen) atoms. The molecule has 6 nitrogen and oxygen atoms in total. The average Bonchev–Trinajstić information content (AvgIpc) is 2.58. The molecule has 3 rings (SSSR count). The summed E-state index contributed by atoms with van der Waals surface area (Å²) < 4.78 is 41.7. The van der Waals surface area contributed by atoms with E-state index in [0.29, 0.717) is 22.2 Å². The van der Waals surface area contributed by atoms with E-state index in [2.05, 4.69) is 9.72 Å². The molecule has 0 aliphatic carbocycles. The minimum absolute atomic E-state index is 0.171. The van der Waals surface area contributed by atoms with Gasteiger partial charge in [0.15, 0.2) is 0 Å². The highest BCUT2D eigenvalue weighted by Gasteiger charge is 2.30. The molecule has 0 aliphatic rings. The lowest BCUT2D eigenvalue weighted by Crippen LogP contribution is -2.27. The van der Waals surface area contributed by atoms with E-state index in [1.807, 2.05) is 0 Å². The summed E-state index contributed by atoms with van der Waals surface area (Å²) in [6, 6.07) is 10.1. The number of benzene rings is 2. The van der Waals surface area contributed by atoms with Gasteiger partial charge in [-0.3, -0.25) is 14.2 Å². The van der Waals surface area contributed by atoms with Crippen molar-refractivity contribution in [3.63, 3.8) is 0 Å². The third kappa shape index (κ3) is 4.08. The van der Waals surface area contributed by atoms with E-state index < -0.39 is 24.4 Å². The Morgan fingerprint density at radius 1 is 1.15 bits per heavy atom. The lowest BCUT2D eigenvalue weighted by Gasteiger charge is -2.12. The predicted octanol–water partition coefficient (Wildman–Crippen LogP) is 3.36. The highest BCUT2D eigenvalue weighted by Crippen LogP contribution is 2.28. The number of carboxylic acid groups (broad SMARTS) is 1. The van der Waals surface area contributed by atoms with Crippen LogP contribution in [0, 0.1) is 6.92 Å². The van der Waals surface area contributed by atoms with Crippen molar-refractivity contribution in [1.82, 2.24) is 9.55 Å². The highest BCUT2D eigenvalue weighted by molar-refractivity contribution is 5.83. The summed E-state index contributed by atoms with van der Waals surface area (Å²) in [6.07, 6.45) is -4.78. The molecule has 0 saturated carbocycles. The van der Waals surface area contributed by atoms with Gasteiger partial charge < -0.3 is 9.84 Å². The van der Waals surface area contributed by atoms with Crippen molar-refractivity contribution in [3.05, 3.63) is 58.5 Å². The lowest BCUT2D eigenvalue weighted by atomic mass is 10.0. The molecule has 2 aromatic carbocycles. The molecule has 0 bridgehead atoms. The zero-order chi connectivity index (χ0) is 19.8. The largest absolute Gasteiger partial charge is 0.573 e. The maximum absolute atomic E-state index is 12.3. The molecule has 1 aromatic heterocycles. The molecular weight excluding hydrogens is 365 g/mol. The third-order valence-corrected chi connectivity index (χ3v) is 3.82. The van der Waals surface area contributed by atoms with E-state index >= 15 is 0 Å². The zero-order valence-corrected chi connectivity index (χ0v) is 13.9. The first-order valence-electron chi connectivity index (χ1n) is 7.73. The first-order chi connectivity index (χ1) is 12.6. The van der Waals surface area contributed by atoms with Gasteiger partial charge in [-0.2, -0.15) is 0 Å². The maximum atomic E-state index is 12.3. The molecule has 0 saturated heterocycles. The van der Waals surface area contributed by atoms with Crippen molar-refractivity contribution in [2.45, 2.75) is 19.8 Å². The molecule has 0 fully saturated rings. The normalized spacial score (nSPS) is 11.6. The average molecular weight is 378 g/mol. The van der Waals surface area contributed by atoms with Gasteiger partial charge in [-0.05, 0) is 42.3 Å². The minimum atomic E-state index is -4.78. The van der Waals surface area contributed by atoms with Crippen molar-refractivity contribution < 1.29 is 27.8 Å². The van der Waals surface area contributed by atoms with Crippen LogP contribution in [0.3, 0.4) is 0 Å². The van der Waals surface area contributed by atoms with E-state index in [1.54, 1.807) is 18.2 Å². The summed E-state index contributed by atoms with van der Waals surface area (Å²) in [5.41, 5.74) is 1.57. The Morgan fingerprint density at radius 2 is 1.78 bits per heavy atom. The van der Waals surface area contributed by atoms with Gasteiger partial charge in [0.05, 0.1) is 11.0 Å². The second-order valence-corrected chi connectivity index (χ2v) is 5.76. The van der Waals surface area contributed by atoms with Crippen LogP contribution in [0.5, 0.6) is 5.75 Å². The van der Waals surface area contributed by atoms with Crippen LogP contribution in [0.1, 0.15) is 5.69 Å². The first-order valence-corrected chi connectivity index (χ1v) is 7.73. The third-order valence-electron chi connectivity index (χ3n) is 3.82. The number of aliphatic carboxylic acids is 1. The van der Waals surface area contributed by atoms with E-state index in [4.69, 9.17) is 5.11 Å². The number of halogens is 3. The number of nitrogens with zero attached hydrogens (tertiary/aromatic N) is 2. The lowest BCUT2D eigenvalue weighted by molar-refractivity contribution is -0.274. The van der Waals surface area contributed by atoms with Gasteiger partial charge in [-0.1, -0.05) is 18.2 Å². The van der Waals surface area contributed by atoms with Gasteiger partial charge in [0.25, 0.3) is 5.56 Å². The van der Waals surface area contributed by atoms with Gasteiger partial charge >= 0.3 is 12.3 Å². The van der Waals surface area contributed by atoms with Gasteiger partial charge in [-0.25, -0.2) is 4.98 Å². The van der Waals surface area contributed by atoms with Gasteiger partial charge in [0, 0.05) is 0 Å². The summed E-state index contributed by atoms with van der Waals surface area (Å²) in [7, 11) is 0. The van der Waals surface area contributed by atoms with Crippen molar-refractivity contribution in [2.75, 3.05) is 0 Å². The number of hydrogen-bond acceptors (Lipinski definition) is 4. The Balaban J connectivity index is 2.07. The van der Waals surface area contributed by atoms with E-state index in [9.17, 15) is 22.8 Å². The Hall–Kier alpha value is -3.36. The molecule has 1 N–H and O–H groups in total. The molecule has 0 radical (unpaired) electrons. The zero-order valence-electron chi connectivity index (χ0n) is 13.9. The SMILES string of the molecule is Cc1nc2ccc(-c3ccc(OC(F)(F)F)cc3)cc2n(CC(=O)O)c1=O. The van der Waals surface area contributed by atoms with Crippen LogP contribution in [0.4, 0.5) is 13.2 Å². The number of aryl methyl sites for hydroxylation is 1. The number of ether oxygens (including phenoxy) is 1. The van der Waals surface area contributed by atoms with Crippen LogP contribution < -0.4 is 10.3 Å². The summed E-state index contributed by atoms with van der Waals surface area (Å²) in [6.45, 7) is 0.966. The summed E-state index contributed by atoms with van der Waals surface area (Å²) >= 11 is 0. The first kappa shape index (κ1) is 18.4. The van der Waals surface area contributed by atoms with Crippen LogP contribution in [0.25, 0.3) is 22.2 Å². The standard InChI is InChI=1S/C18H13F3N2O4/c1-10-17(26)23(9-16(24)25)15-8-12(4-7-14(15)22-10)11-2-5-13(6-3-11)27-18(19,20)21/h2-8H,9H2,1H3,(H,24,25). The Morgan fingerprint density at radius 3 is 2.37 bits per heavy atom. The molecular formula is C18H13F3N2O4. The molecule has 140 valence electrons. The topological polar surface area (TPSA) is 81.4 Å². The summed E-state index contributed by atoms with van der Waals surface area (Å²) in [5, 5.41) is 9.07. The number of aromatic nitrogens is 2. The summed E-state index contributed by atoms with van der Waals surface area (Å²) in [5.74, 6) is -1.53. The number of carboxylic acids is 1. The fraction of sp³-hybridized carbons (Fsp3) is 0.167. The maximum Gasteiger partial charge on any atom is 0.573 e. The summed E-state index contributed by atoms with van der Waals surface area (Å²) in [4.78, 5) is 27.5. The predicted molar refractivity (Wildman–Crippen MR) is 90.5 cm³/mol. The Labute approximate surface area is 150 Å². The number of carbonyl (C=O) groups is 1. The molecule has 9 heteroatoms. The van der Waals surface area contributed by atoms with Gasteiger partial charge in [0.2, 0.25) is 0 Å². The molecule has 0 spiro atoms. The van der Waals surface area contributed by atoms with Crippen LogP contribution in [0.15, 0.2) is 47.3 Å². The minimum Gasteiger partial charge on any atom is -0.480 e. The second kappa shape index (κ2) is 6.75. The smallest absolute Gasteiger partial charge is 0.480 e. The highest BCUT2D eigenvalue weighted by atomic mass is 19.4. The molecule has 0 aliphatic heterocycles. The Kier molecular flexibility index (Phi) is 4.61. The number of rotatable bonds is 4. The van der Waals surface area contributed by atoms with Crippen LogP contribution in [0.2, 0.25) is 0 Å². The quantitative estimate of drug-likeness (QED) is 0.753. The van der Waals surface area contributed by atoms with Crippen molar-refractivity contribution in [3.8, 4) is 16.9 Å². The van der Waals surface area contributed by atoms with Crippen molar-refractivity contribution in [2.24, 2.45) is 0 Å². The van der Waals surface area contributed by atoms with E-state index in [-0.39, 0.29) is 11.4 Å². The molecule has 0 amide bonds. The number of hydrogen-bond donors (Lipinski definition) is 1. The fourth-order valence-corrected chi connectivity index (χ4v) is 2.69. The molecule has 0 unspecified atom stereocenters. The molecule has 0 atom stereocenters. The number of fused-ring (bicyclic) bond motifs is 1. The van der Waals surface area contributed by atoms with Gasteiger partial charge in [-0.15, -0.1) is 13.2 Å². The van der Waals surface area contributed by atoms with Crippen molar-refractivity contribution in [1.29, 1.82) is 0 Å². The van der Waals surface area contributed by atoms with Crippen LogP contribution in [-0.2, 0) is 11.3 Å². The van der Waals surface area contributed by atoms with Gasteiger partial charge in [0.1, 0.15) is 18.0 Å². The Bertz CT molecular complexity index is 1070. The molecule has 1 heterocycles. The fourth-order valence-electron chi connectivity index (χ4n) is 2.69. The van der Waals surface area contributed by atoms with E-state index in [0.717, 1.165) is 4.57 Å². The van der Waals surface area contributed by atoms with Crippen molar-refractivity contribution >= 4 is 17.0 Å². The molecule has 3 aromatic rings. The van der Waals surface area contributed by atoms with Crippen LogP contribution >= 0.6 is 0 Å². The van der Waals surface area contributed by atoms with E-state index in [1.165, 1.54) is 31.2 Å². The second-order valence-electron chi connectivity index (χ2n) is 5.76. The number of alkyl halides is 3.